The Bertz CT molecular complexity index is 1010. The number of ether oxygens (including phenoxy) is 2. The van der Waals surface area contributed by atoms with Gasteiger partial charge < -0.3 is 9.47 Å². The maximum absolute atomic E-state index is 12.1. The summed E-state index contributed by atoms with van der Waals surface area (Å²) in [5, 5.41) is 2.10. The molecule has 216 valence electrons. The summed E-state index contributed by atoms with van der Waals surface area (Å²) in [7, 11) is 0. The van der Waals surface area contributed by atoms with Crippen LogP contribution in [0.1, 0.15) is 104 Å². The number of aromatic nitrogens is 1. The van der Waals surface area contributed by atoms with Crippen molar-refractivity contribution in [1.82, 2.24) is 0 Å². The smallest absolute Gasteiger partial charge is 0.309 e. The number of hydrogen-bond acceptors (Lipinski definition) is 6. The minimum atomic E-state index is -0.438. The van der Waals surface area contributed by atoms with Crippen molar-refractivity contribution in [2.45, 2.75) is 98.8 Å². The third kappa shape index (κ3) is 12.0. The first-order chi connectivity index (χ1) is 18.9. The number of benzene rings is 1. The standard InChI is InChI=1S/C21H40O4.C11H8N2S/c1-6-10-12-18(8-3)15-24-20(22)14-17(5)21(23)25-16-19(9-4)13-11-7-2;1-2-4-9-8(3-1)5-10(13-9)11-6-14-7-12-11/h17-19H,6-16H2,1-5H3;1-4,6-7H,5H2/p+1. The number of thiazole rings is 1. The number of H-pyrrole nitrogens is 1. The Kier molecular flexibility index (Phi) is 15.7. The van der Waals surface area contributed by atoms with Crippen molar-refractivity contribution in [3.8, 4) is 0 Å². The van der Waals surface area contributed by atoms with E-state index in [1.165, 1.54) is 5.56 Å². The molecule has 3 atom stereocenters. The van der Waals surface area contributed by atoms with Gasteiger partial charge in [0, 0.05) is 6.42 Å². The lowest BCUT2D eigenvalue weighted by atomic mass is 10.0. The van der Waals surface area contributed by atoms with Crippen LogP contribution in [0.5, 0.6) is 0 Å². The fourth-order valence-electron chi connectivity index (χ4n) is 4.42. The van der Waals surface area contributed by atoms with Gasteiger partial charge in [0.25, 0.3) is 0 Å². The average Bonchev–Trinajstić information content (AvgIpc) is 3.64. The van der Waals surface area contributed by atoms with E-state index < -0.39 is 5.92 Å². The van der Waals surface area contributed by atoms with E-state index >= 15 is 0 Å². The van der Waals surface area contributed by atoms with Crippen molar-refractivity contribution < 1.29 is 24.0 Å². The van der Waals surface area contributed by atoms with Crippen molar-refractivity contribution in [3.63, 3.8) is 0 Å². The van der Waals surface area contributed by atoms with E-state index in [-0.39, 0.29) is 18.4 Å². The zero-order valence-corrected chi connectivity index (χ0v) is 25.5. The molecule has 1 aromatic carbocycles. The van der Waals surface area contributed by atoms with Crippen LogP contribution in [0.4, 0.5) is 5.69 Å². The molecule has 2 heterocycles. The summed E-state index contributed by atoms with van der Waals surface area (Å²) in [5.41, 5.74) is 6.70. The number of aromatic amines is 1. The largest absolute Gasteiger partial charge is 0.465 e. The molecule has 2 aromatic rings. The maximum Gasteiger partial charge on any atom is 0.309 e. The zero-order chi connectivity index (χ0) is 28.5. The van der Waals surface area contributed by atoms with Crippen LogP contribution < -0.4 is 4.98 Å². The zero-order valence-electron chi connectivity index (χ0n) is 24.7. The van der Waals surface area contributed by atoms with Crippen LogP contribution in [0.2, 0.25) is 0 Å². The highest BCUT2D eigenvalue weighted by Crippen LogP contribution is 2.27. The number of unbranched alkanes of at least 4 members (excludes halogenated alkanes) is 2. The van der Waals surface area contributed by atoms with Crippen LogP contribution in [-0.4, -0.2) is 30.9 Å². The van der Waals surface area contributed by atoms with Gasteiger partial charge in [-0.2, -0.15) is 0 Å². The van der Waals surface area contributed by atoms with E-state index in [1.54, 1.807) is 18.3 Å². The van der Waals surface area contributed by atoms with Crippen LogP contribution >= 0.6 is 11.3 Å². The van der Waals surface area contributed by atoms with Gasteiger partial charge in [-0.1, -0.05) is 103 Å². The van der Waals surface area contributed by atoms with E-state index in [0.29, 0.717) is 25.0 Å². The molecule has 0 saturated heterocycles. The molecular weight excluding hydrogens is 508 g/mol. The first-order valence-corrected chi connectivity index (χ1v) is 15.8. The molecule has 0 fully saturated rings. The Morgan fingerprint density at radius 1 is 0.974 bits per heavy atom. The number of carbonyl (C=O) groups excluding carboxylic acids is 2. The third-order valence-corrected chi connectivity index (χ3v) is 7.91. The number of nitrogens with one attached hydrogen (secondary N) is 1. The molecule has 7 heteroatoms. The van der Waals surface area contributed by atoms with Gasteiger partial charge in [-0.25, -0.2) is 9.98 Å². The first-order valence-electron chi connectivity index (χ1n) is 14.8. The predicted molar refractivity (Wildman–Crippen MR) is 160 cm³/mol. The summed E-state index contributed by atoms with van der Waals surface area (Å²) in [5.74, 6) is -0.170. The number of aliphatic imine (C=N–C) groups is 1. The maximum atomic E-state index is 12.1. The molecule has 0 amide bonds. The van der Waals surface area contributed by atoms with Gasteiger partial charge in [-0.05, 0) is 36.3 Å². The molecule has 1 aromatic heterocycles. The molecule has 1 aliphatic heterocycles. The van der Waals surface area contributed by atoms with Crippen LogP contribution in [0.25, 0.3) is 0 Å². The molecule has 39 heavy (non-hydrogen) atoms. The van der Waals surface area contributed by atoms with Crippen LogP contribution in [0.15, 0.2) is 40.1 Å². The van der Waals surface area contributed by atoms with E-state index in [2.05, 4.69) is 61.3 Å². The van der Waals surface area contributed by atoms with Gasteiger partial charge in [0.15, 0.2) is 0 Å². The first kappa shape index (κ1) is 32.7. The molecule has 6 nitrogen and oxygen atoms in total. The minimum absolute atomic E-state index is 0.106. The predicted octanol–water partition coefficient (Wildman–Crippen LogP) is 7.77. The number of para-hydroxylation sites is 1. The molecule has 0 radical (unpaired) electrons. The van der Waals surface area contributed by atoms with Crippen molar-refractivity contribution in [3.05, 3.63) is 46.4 Å². The summed E-state index contributed by atoms with van der Waals surface area (Å²) in [6.07, 6.45) is 9.90. The summed E-state index contributed by atoms with van der Waals surface area (Å²) in [6, 6.07) is 8.30. The lowest BCUT2D eigenvalue weighted by Gasteiger charge is -2.18. The summed E-state index contributed by atoms with van der Waals surface area (Å²) in [6.45, 7) is 11.2. The minimum Gasteiger partial charge on any atom is -0.465 e. The number of rotatable bonds is 16. The highest BCUT2D eigenvalue weighted by molar-refractivity contribution is 7.07. The van der Waals surface area contributed by atoms with Crippen LogP contribution in [0.3, 0.4) is 0 Å². The SMILES string of the molecule is CCCCC(CC)COC(=O)CC(C)C(=O)OCC(CC)CCCC.c1ccc2c(c1)CC(c1csc[nH+]1)=N2. The van der Waals surface area contributed by atoms with E-state index in [1.807, 2.05) is 11.6 Å². The summed E-state index contributed by atoms with van der Waals surface area (Å²) >= 11 is 1.67. The number of hydrogen-bond donors (Lipinski definition) is 0. The second-order valence-corrected chi connectivity index (χ2v) is 11.3. The van der Waals surface area contributed by atoms with Crippen molar-refractivity contribution in [2.75, 3.05) is 13.2 Å². The van der Waals surface area contributed by atoms with Crippen molar-refractivity contribution in [1.29, 1.82) is 0 Å². The molecule has 0 bridgehead atoms. The lowest BCUT2D eigenvalue weighted by molar-refractivity contribution is -0.372. The number of carbonyl (C=O) groups is 2. The Morgan fingerprint density at radius 3 is 2.18 bits per heavy atom. The van der Waals surface area contributed by atoms with Gasteiger partial charge in [-0.15, -0.1) is 0 Å². The second-order valence-electron chi connectivity index (χ2n) is 10.5. The molecule has 3 rings (SSSR count). The van der Waals surface area contributed by atoms with Gasteiger partial charge in [0.2, 0.25) is 11.2 Å². The molecule has 0 saturated carbocycles. The van der Waals surface area contributed by atoms with Crippen LogP contribution in [0, 0.1) is 17.8 Å². The number of nitrogens with zero attached hydrogens (tertiary/aromatic N) is 1. The second kappa shape index (κ2) is 18.7. The number of esters is 2. The summed E-state index contributed by atoms with van der Waals surface area (Å²) < 4.78 is 10.8. The average molecular weight is 558 g/mol. The van der Waals surface area contributed by atoms with Gasteiger partial charge >= 0.3 is 11.9 Å². The Hall–Kier alpha value is -2.54. The molecule has 1 aliphatic rings. The molecule has 3 unspecified atom stereocenters. The quantitative estimate of drug-likeness (QED) is 0.198. The Balaban J connectivity index is 0.000000314. The molecule has 1 N–H and O–H groups in total. The topological polar surface area (TPSA) is 79.1 Å². The Morgan fingerprint density at radius 2 is 1.62 bits per heavy atom. The fraction of sp³-hybridized carbons (Fsp3) is 0.625. The van der Waals surface area contributed by atoms with Gasteiger partial charge in [0.05, 0.1) is 36.6 Å². The van der Waals surface area contributed by atoms with E-state index in [0.717, 1.165) is 74.9 Å². The van der Waals surface area contributed by atoms with Gasteiger partial charge in [-0.3, -0.25) is 9.59 Å². The highest BCUT2D eigenvalue weighted by atomic mass is 32.1. The van der Waals surface area contributed by atoms with Gasteiger partial charge in [0.1, 0.15) is 5.71 Å². The molecule has 0 spiro atoms. The third-order valence-electron chi connectivity index (χ3n) is 7.29. The molecule has 0 aliphatic carbocycles. The molecular formula is C32H49N2O4S+. The fourth-order valence-corrected chi connectivity index (χ4v) is 5.02. The lowest BCUT2D eigenvalue weighted by Crippen LogP contribution is -2.23. The van der Waals surface area contributed by atoms with Crippen molar-refractivity contribution >= 4 is 34.7 Å². The number of fused-ring (bicyclic) bond motifs is 1. The monoisotopic (exact) mass is 557 g/mol. The van der Waals surface area contributed by atoms with Crippen LogP contribution in [-0.2, 0) is 25.5 Å². The highest BCUT2D eigenvalue weighted by Gasteiger charge is 2.22. The van der Waals surface area contributed by atoms with E-state index in [4.69, 9.17) is 9.47 Å². The Labute approximate surface area is 239 Å². The normalized spacial score (nSPS) is 14.3. The summed E-state index contributed by atoms with van der Waals surface area (Å²) in [4.78, 5) is 31.8. The van der Waals surface area contributed by atoms with E-state index in [9.17, 15) is 9.59 Å². The van der Waals surface area contributed by atoms with Crippen molar-refractivity contribution in [2.24, 2.45) is 22.7 Å².